The van der Waals surface area contributed by atoms with Crippen molar-refractivity contribution in [3.63, 3.8) is 0 Å². The molecule has 0 saturated heterocycles. The summed E-state index contributed by atoms with van der Waals surface area (Å²) in [7, 11) is 0. The van der Waals surface area contributed by atoms with Crippen LogP contribution in [0.5, 0.6) is 0 Å². The number of nitrogens with one attached hydrogen (secondary N) is 1. The normalized spacial score (nSPS) is 28.4. The molecule has 0 aromatic rings. The first-order valence-corrected chi connectivity index (χ1v) is 5.15. The molecule has 1 rings (SSSR count). The lowest BCUT2D eigenvalue weighted by atomic mass is 9.96. The van der Waals surface area contributed by atoms with Crippen LogP contribution >= 0.6 is 0 Å². The van der Waals surface area contributed by atoms with E-state index in [-0.39, 0.29) is 18.5 Å². The van der Waals surface area contributed by atoms with Gasteiger partial charge in [-0.25, -0.2) is 8.78 Å². The van der Waals surface area contributed by atoms with Gasteiger partial charge in [-0.1, -0.05) is 19.3 Å². The van der Waals surface area contributed by atoms with E-state index in [0.717, 1.165) is 32.1 Å². The van der Waals surface area contributed by atoms with Gasteiger partial charge in [0.1, 0.15) is 0 Å². The largest absolute Gasteiger partial charge is 0.307 e. The number of nitriles is 1. The Bertz CT molecular complexity index is 201. The Morgan fingerprint density at radius 3 is 2.64 bits per heavy atom. The van der Waals surface area contributed by atoms with E-state index < -0.39 is 6.43 Å². The second kappa shape index (κ2) is 5.92. The SMILES string of the molecule is N#CC1CCCCCC1NCC(F)F. The van der Waals surface area contributed by atoms with Gasteiger partial charge in [-0.3, -0.25) is 0 Å². The zero-order valence-electron chi connectivity index (χ0n) is 8.18. The number of hydrogen-bond acceptors (Lipinski definition) is 2. The second-order valence-electron chi connectivity index (χ2n) is 3.78. The van der Waals surface area contributed by atoms with Crippen molar-refractivity contribution in [3.8, 4) is 6.07 Å². The van der Waals surface area contributed by atoms with E-state index in [2.05, 4.69) is 11.4 Å². The lowest BCUT2D eigenvalue weighted by Crippen LogP contribution is -2.37. The van der Waals surface area contributed by atoms with Gasteiger partial charge in [-0.2, -0.15) is 5.26 Å². The molecular formula is C10H16F2N2. The summed E-state index contributed by atoms with van der Waals surface area (Å²) in [6.07, 6.45) is 2.58. The molecule has 2 nitrogen and oxygen atoms in total. The van der Waals surface area contributed by atoms with E-state index in [1.54, 1.807) is 0 Å². The molecule has 0 spiro atoms. The van der Waals surface area contributed by atoms with Gasteiger partial charge in [0.2, 0.25) is 0 Å². The fourth-order valence-corrected chi connectivity index (χ4v) is 1.95. The highest BCUT2D eigenvalue weighted by atomic mass is 19.3. The van der Waals surface area contributed by atoms with Gasteiger partial charge in [0.25, 0.3) is 6.43 Å². The van der Waals surface area contributed by atoms with Gasteiger partial charge in [-0.05, 0) is 12.8 Å². The smallest absolute Gasteiger partial charge is 0.250 e. The minimum Gasteiger partial charge on any atom is -0.307 e. The van der Waals surface area contributed by atoms with Gasteiger partial charge in [-0.15, -0.1) is 0 Å². The molecular weight excluding hydrogens is 186 g/mol. The van der Waals surface area contributed by atoms with Crippen LogP contribution in [0.15, 0.2) is 0 Å². The Balaban J connectivity index is 2.41. The average molecular weight is 202 g/mol. The third-order valence-corrected chi connectivity index (χ3v) is 2.72. The molecule has 1 N–H and O–H groups in total. The minimum absolute atomic E-state index is 0.0310. The minimum atomic E-state index is -2.32. The first-order chi connectivity index (χ1) is 6.74. The monoisotopic (exact) mass is 202 g/mol. The molecule has 0 bridgehead atoms. The maximum absolute atomic E-state index is 12.0. The lowest BCUT2D eigenvalue weighted by Gasteiger charge is -2.20. The molecule has 2 atom stereocenters. The van der Waals surface area contributed by atoms with Crippen LogP contribution in [0.4, 0.5) is 8.78 Å². The van der Waals surface area contributed by atoms with E-state index in [4.69, 9.17) is 5.26 Å². The Hall–Kier alpha value is -0.690. The maximum Gasteiger partial charge on any atom is 0.250 e. The van der Waals surface area contributed by atoms with Gasteiger partial charge >= 0.3 is 0 Å². The van der Waals surface area contributed by atoms with Crippen molar-refractivity contribution in [3.05, 3.63) is 0 Å². The molecule has 0 radical (unpaired) electrons. The van der Waals surface area contributed by atoms with Crippen molar-refractivity contribution < 1.29 is 8.78 Å². The van der Waals surface area contributed by atoms with E-state index in [9.17, 15) is 8.78 Å². The quantitative estimate of drug-likeness (QED) is 0.713. The highest BCUT2D eigenvalue weighted by Crippen LogP contribution is 2.22. The third kappa shape index (κ3) is 3.59. The maximum atomic E-state index is 12.0. The first kappa shape index (κ1) is 11.4. The van der Waals surface area contributed by atoms with E-state index in [1.165, 1.54) is 0 Å². The van der Waals surface area contributed by atoms with Crippen LogP contribution in [0, 0.1) is 17.2 Å². The van der Waals surface area contributed by atoms with Crippen LogP contribution in [0.3, 0.4) is 0 Å². The Labute approximate surface area is 83.3 Å². The van der Waals surface area contributed by atoms with Crippen molar-refractivity contribution in [1.29, 1.82) is 5.26 Å². The highest BCUT2D eigenvalue weighted by molar-refractivity contribution is 4.93. The third-order valence-electron chi connectivity index (χ3n) is 2.72. The van der Waals surface area contributed by atoms with Crippen molar-refractivity contribution in [2.75, 3.05) is 6.54 Å². The van der Waals surface area contributed by atoms with Gasteiger partial charge < -0.3 is 5.32 Å². The molecule has 1 saturated carbocycles. The molecule has 0 aromatic carbocycles. The number of hydrogen-bond donors (Lipinski definition) is 1. The molecule has 0 amide bonds. The summed E-state index contributed by atoms with van der Waals surface area (Å²) < 4.78 is 24.0. The van der Waals surface area contributed by atoms with Gasteiger partial charge in [0.15, 0.2) is 0 Å². The number of alkyl halides is 2. The van der Waals surface area contributed by atoms with Crippen LogP contribution in [0.1, 0.15) is 32.1 Å². The first-order valence-electron chi connectivity index (χ1n) is 5.15. The zero-order chi connectivity index (χ0) is 10.4. The predicted molar refractivity (Wildman–Crippen MR) is 50.0 cm³/mol. The van der Waals surface area contributed by atoms with Crippen molar-refractivity contribution in [2.24, 2.45) is 5.92 Å². The number of halogens is 2. The molecule has 14 heavy (non-hydrogen) atoms. The summed E-state index contributed by atoms with van der Waals surface area (Å²) in [6, 6.07) is 2.18. The van der Waals surface area contributed by atoms with Crippen LogP contribution in [-0.4, -0.2) is 19.0 Å². The fraction of sp³-hybridized carbons (Fsp3) is 0.900. The van der Waals surface area contributed by atoms with Gasteiger partial charge in [0.05, 0.1) is 18.5 Å². The fourth-order valence-electron chi connectivity index (χ4n) is 1.95. The highest BCUT2D eigenvalue weighted by Gasteiger charge is 2.23. The summed E-state index contributed by atoms with van der Waals surface area (Å²) in [4.78, 5) is 0. The van der Waals surface area contributed by atoms with E-state index >= 15 is 0 Å². The average Bonchev–Trinajstić information content (AvgIpc) is 2.38. The summed E-state index contributed by atoms with van der Waals surface area (Å²) in [6.45, 7) is -0.289. The Morgan fingerprint density at radius 1 is 1.29 bits per heavy atom. The topological polar surface area (TPSA) is 35.8 Å². The van der Waals surface area contributed by atoms with E-state index in [0.29, 0.717) is 0 Å². The molecule has 1 aliphatic carbocycles. The summed E-state index contributed by atoms with van der Waals surface area (Å²) >= 11 is 0. The number of nitrogens with zero attached hydrogens (tertiary/aromatic N) is 1. The van der Waals surface area contributed by atoms with Crippen molar-refractivity contribution in [2.45, 2.75) is 44.6 Å². The molecule has 80 valence electrons. The van der Waals surface area contributed by atoms with Gasteiger partial charge in [0, 0.05) is 6.04 Å². The molecule has 1 aliphatic rings. The van der Waals surface area contributed by atoms with Crippen LogP contribution in [0.2, 0.25) is 0 Å². The zero-order valence-corrected chi connectivity index (χ0v) is 8.18. The summed E-state index contributed by atoms with van der Waals surface area (Å²) in [5.41, 5.74) is 0. The van der Waals surface area contributed by atoms with E-state index in [1.807, 2.05) is 0 Å². The van der Waals surface area contributed by atoms with Crippen molar-refractivity contribution in [1.82, 2.24) is 5.32 Å². The predicted octanol–water partition coefficient (Wildman–Crippen LogP) is 2.31. The van der Waals surface area contributed by atoms with Crippen LogP contribution in [0.25, 0.3) is 0 Å². The lowest BCUT2D eigenvalue weighted by molar-refractivity contribution is 0.137. The van der Waals surface area contributed by atoms with Crippen molar-refractivity contribution >= 4 is 0 Å². The van der Waals surface area contributed by atoms with Crippen LogP contribution < -0.4 is 5.32 Å². The molecule has 0 aromatic heterocycles. The molecule has 0 aliphatic heterocycles. The molecule has 0 heterocycles. The van der Waals surface area contributed by atoms with Crippen LogP contribution in [-0.2, 0) is 0 Å². The Kier molecular flexibility index (Phi) is 4.81. The molecule has 4 heteroatoms. The summed E-state index contributed by atoms with van der Waals surface area (Å²) in [5.74, 6) is -0.0868. The molecule has 1 fully saturated rings. The second-order valence-corrected chi connectivity index (χ2v) is 3.78. The number of rotatable bonds is 3. The standard InChI is InChI=1S/C10H16F2N2/c11-10(12)7-14-9-5-3-1-2-4-8(9)6-13/h8-10,14H,1-5,7H2. The summed E-state index contributed by atoms with van der Waals surface area (Å²) in [5, 5.41) is 11.7. The Morgan fingerprint density at radius 2 is 2.00 bits per heavy atom. The molecule has 2 unspecified atom stereocenters.